The van der Waals surface area contributed by atoms with E-state index in [2.05, 4.69) is 61.3 Å². The Morgan fingerprint density at radius 2 is 1.90 bits per heavy atom. The summed E-state index contributed by atoms with van der Waals surface area (Å²) in [7, 11) is 0. The number of nitrogens with zero attached hydrogens (tertiary/aromatic N) is 1. The number of hydrogen-bond donors (Lipinski definition) is 1. The summed E-state index contributed by atoms with van der Waals surface area (Å²) in [5.74, 6) is 0. The van der Waals surface area contributed by atoms with Crippen molar-refractivity contribution >= 4 is 0 Å². The average molecular weight is 272 g/mol. The molecule has 0 radical (unpaired) electrons. The van der Waals surface area contributed by atoms with Crippen LogP contribution in [0.5, 0.6) is 0 Å². The van der Waals surface area contributed by atoms with Gasteiger partial charge in [0.05, 0.1) is 5.54 Å². The molecule has 1 aromatic carbocycles. The molecule has 110 valence electrons. The molecule has 1 aromatic rings. The Kier molecular flexibility index (Phi) is 3.64. The molecular weight excluding hydrogens is 244 g/mol. The molecule has 0 spiro atoms. The van der Waals surface area contributed by atoms with E-state index in [0.29, 0.717) is 11.6 Å². The van der Waals surface area contributed by atoms with Crippen molar-refractivity contribution < 1.29 is 0 Å². The van der Waals surface area contributed by atoms with Gasteiger partial charge in [-0.2, -0.15) is 0 Å². The molecule has 2 atom stereocenters. The highest BCUT2D eigenvalue weighted by atomic mass is 15.3. The van der Waals surface area contributed by atoms with Gasteiger partial charge in [0.25, 0.3) is 0 Å². The molecule has 0 bridgehead atoms. The van der Waals surface area contributed by atoms with Crippen LogP contribution in [0.25, 0.3) is 0 Å². The van der Waals surface area contributed by atoms with Crippen LogP contribution in [0.1, 0.15) is 52.0 Å². The molecule has 2 unspecified atom stereocenters. The number of nitrogens with one attached hydrogen (secondary N) is 1. The van der Waals surface area contributed by atoms with Crippen LogP contribution >= 0.6 is 0 Å². The first-order chi connectivity index (χ1) is 9.57. The minimum Gasteiger partial charge on any atom is -0.305 e. The molecule has 0 aromatic heterocycles. The normalized spacial score (nSPS) is 33.6. The third-order valence-corrected chi connectivity index (χ3v) is 5.66. The van der Waals surface area contributed by atoms with Crippen LogP contribution in [0.15, 0.2) is 30.3 Å². The molecule has 1 aliphatic heterocycles. The van der Waals surface area contributed by atoms with Crippen LogP contribution in [0.2, 0.25) is 0 Å². The lowest BCUT2D eigenvalue weighted by atomic mass is 9.74. The van der Waals surface area contributed by atoms with Crippen LogP contribution < -0.4 is 5.32 Å². The smallest absolute Gasteiger partial charge is 0.0535 e. The van der Waals surface area contributed by atoms with Gasteiger partial charge in [-0.1, -0.05) is 37.3 Å². The highest BCUT2D eigenvalue weighted by Crippen LogP contribution is 2.42. The second-order valence-corrected chi connectivity index (χ2v) is 7.12. The SMILES string of the molecule is CCC1CNC(C)(c2ccccc2)CN1C1(C)CCC1. The predicted molar refractivity (Wildman–Crippen MR) is 84.8 cm³/mol. The van der Waals surface area contributed by atoms with Gasteiger partial charge >= 0.3 is 0 Å². The lowest BCUT2D eigenvalue weighted by Crippen LogP contribution is -2.68. The van der Waals surface area contributed by atoms with Gasteiger partial charge in [-0.15, -0.1) is 0 Å². The quantitative estimate of drug-likeness (QED) is 0.905. The third-order valence-electron chi connectivity index (χ3n) is 5.66. The van der Waals surface area contributed by atoms with Crippen LogP contribution in [-0.2, 0) is 5.54 Å². The first-order valence-corrected chi connectivity index (χ1v) is 8.15. The topological polar surface area (TPSA) is 15.3 Å². The minimum absolute atomic E-state index is 0.0888. The maximum Gasteiger partial charge on any atom is 0.0535 e. The highest BCUT2D eigenvalue weighted by Gasteiger charge is 2.46. The Morgan fingerprint density at radius 3 is 2.45 bits per heavy atom. The van der Waals surface area contributed by atoms with Crippen LogP contribution in [-0.4, -0.2) is 29.6 Å². The molecule has 2 nitrogen and oxygen atoms in total. The molecule has 1 saturated heterocycles. The molecule has 1 heterocycles. The fourth-order valence-electron chi connectivity index (χ4n) is 3.95. The molecule has 2 fully saturated rings. The molecule has 0 amide bonds. The largest absolute Gasteiger partial charge is 0.305 e. The summed E-state index contributed by atoms with van der Waals surface area (Å²) in [6.07, 6.45) is 5.38. The Balaban J connectivity index is 1.86. The second kappa shape index (κ2) is 5.16. The molecule has 1 saturated carbocycles. The van der Waals surface area contributed by atoms with Gasteiger partial charge < -0.3 is 5.32 Å². The van der Waals surface area contributed by atoms with E-state index in [1.165, 1.54) is 31.2 Å². The Labute approximate surface area is 123 Å². The first-order valence-electron chi connectivity index (χ1n) is 8.15. The van der Waals surface area contributed by atoms with Gasteiger partial charge in [0, 0.05) is 24.7 Å². The van der Waals surface area contributed by atoms with Crippen molar-refractivity contribution in [1.29, 1.82) is 0 Å². The van der Waals surface area contributed by atoms with Gasteiger partial charge in [0.15, 0.2) is 0 Å². The van der Waals surface area contributed by atoms with Gasteiger partial charge in [0.1, 0.15) is 0 Å². The van der Waals surface area contributed by atoms with E-state index in [1.807, 2.05) is 0 Å². The summed E-state index contributed by atoms with van der Waals surface area (Å²) < 4.78 is 0. The van der Waals surface area contributed by atoms with E-state index in [1.54, 1.807) is 0 Å². The highest BCUT2D eigenvalue weighted by molar-refractivity contribution is 5.25. The van der Waals surface area contributed by atoms with Gasteiger partial charge in [-0.3, -0.25) is 4.90 Å². The first kappa shape index (κ1) is 14.1. The molecule has 1 N–H and O–H groups in total. The van der Waals surface area contributed by atoms with Crippen LogP contribution in [0.4, 0.5) is 0 Å². The van der Waals surface area contributed by atoms with E-state index in [0.717, 1.165) is 13.1 Å². The molecular formula is C18H28N2. The molecule has 3 rings (SSSR count). The number of benzene rings is 1. The van der Waals surface area contributed by atoms with Crippen molar-refractivity contribution in [3.8, 4) is 0 Å². The summed E-state index contributed by atoms with van der Waals surface area (Å²) in [5.41, 5.74) is 1.95. The number of rotatable bonds is 3. The second-order valence-electron chi connectivity index (χ2n) is 7.12. The average Bonchev–Trinajstić information content (AvgIpc) is 2.46. The van der Waals surface area contributed by atoms with E-state index in [-0.39, 0.29) is 5.54 Å². The minimum atomic E-state index is 0.0888. The van der Waals surface area contributed by atoms with Crippen molar-refractivity contribution in [3.63, 3.8) is 0 Å². The molecule has 2 aliphatic rings. The monoisotopic (exact) mass is 272 g/mol. The summed E-state index contributed by atoms with van der Waals surface area (Å²) >= 11 is 0. The van der Waals surface area contributed by atoms with Gasteiger partial charge in [0.2, 0.25) is 0 Å². The van der Waals surface area contributed by atoms with E-state index in [4.69, 9.17) is 0 Å². The van der Waals surface area contributed by atoms with Gasteiger partial charge in [-0.05, 0) is 45.1 Å². The van der Waals surface area contributed by atoms with Crippen LogP contribution in [0.3, 0.4) is 0 Å². The summed E-state index contributed by atoms with van der Waals surface area (Å²) in [4.78, 5) is 2.81. The number of hydrogen-bond acceptors (Lipinski definition) is 2. The fourth-order valence-corrected chi connectivity index (χ4v) is 3.95. The van der Waals surface area contributed by atoms with E-state index < -0.39 is 0 Å². The standard InChI is InChI=1S/C18H28N2/c1-4-16-13-19-18(3,15-9-6-5-7-10-15)14-20(16)17(2)11-8-12-17/h5-7,9-10,16,19H,4,8,11-14H2,1-3H3. The summed E-state index contributed by atoms with van der Waals surface area (Å²) in [5, 5.41) is 3.82. The fraction of sp³-hybridized carbons (Fsp3) is 0.667. The molecule has 20 heavy (non-hydrogen) atoms. The maximum atomic E-state index is 3.82. The van der Waals surface area contributed by atoms with Crippen LogP contribution in [0, 0.1) is 0 Å². The van der Waals surface area contributed by atoms with Gasteiger partial charge in [-0.25, -0.2) is 0 Å². The zero-order chi connectivity index (χ0) is 14.2. The van der Waals surface area contributed by atoms with E-state index in [9.17, 15) is 0 Å². The predicted octanol–water partition coefficient (Wildman–Crippen LogP) is 3.53. The summed E-state index contributed by atoms with van der Waals surface area (Å²) in [6.45, 7) is 9.40. The third kappa shape index (κ3) is 2.29. The number of piperazine rings is 1. The Hall–Kier alpha value is -0.860. The lowest BCUT2D eigenvalue weighted by molar-refractivity contribution is -0.0482. The van der Waals surface area contributed by atoms with Crippen molar-refractivity contribution in [1.82, 2.24) is 10.2 Å². The van der Waals surface area contributed by atoms with Crippen molar-refractivity contribution in [2.45, 2.75) is 63.6 Å². The van der Waals surface area contributed by atoms with Crippen molar-refractivity contribution in [2.24, 2.45) is 0 Å². The van der Waals surface area contributed by atoms with E-state index >= 15 is 0 Å². The summed E-state index contributed by atoms with van der Waals surface area (Å²) in [6, 6.07) is 11.6. The lowest BCUT2D eigenvalue weighted by Gasteiger charge is -2.57. The Morgan fingerprint density at radius 1 is 1.20 bits per heavy atom. The zero-order valence-electron chi connectivity index (χ0n) is 13.2. The molecule has 2 heteroatoms. The maximum absolute atomic E-state index is 3.82. The Bertz CT molecular complexity index is 452. The van der Waals surface area contributed by atoms with Crippen molar-refractivity contribution in [3.05, 3.63) is 35.9 Å². The van der Waals surface area contributed by atoms with Crippen molar-refractivity contribution in [2.75, 3.05) is 13.1 Å². The molecule has 1 aliphatic carbocycles. The zero-order valence-corrected chi connectivity index (χ0v) is 13.2.